The number of carbonyl (C=O) groups is 4. The van der Waals surface area contributed by atoms with E-state index in [4.69, 9.17) is 9.15 Å². The number of nitrogens with zero attached hydrogens (tertiary/aromatic N) is 3. The number of imide groups is 1. The highest BCUT2D eigenvalue weighted by Crippen LogP contribution is 2.35. The molecule has 184 valence electrons. The number of anilines is 1. The van der Waals surface area contributed by atoms with E-state index in [-0.39, 0.29) is 30.8 Å². The van der Waals surface area contributed by atoms with Crippen LogP contribution in [0.2, 0.25) is 0 Å². The summed E-state index contributed by atoms with van der Waals surface area (Å²) < 4.78 is 11.2. The molecule has 3 aromatic rings. The minimum Gasteiger partial charge on any atom is -0.497 e. The summed E-state index contributed by atoms with van der Waals surface area (Å²) in [5, 5.41) is 7.70. The SMILES string of the molecule is COc1ccc2c(c1)C(=O)N(C[C@@]1(c3cc4nc(N5CCCNC5=O)ccc4o3)NC(=O)NC1=O)C2. The molecule has 0 aliphatic carbocycles. The van der Waals surface area contributed by atoms with Crippen molar-refractivity contribution in [1.82, 2.24) is 25.8 Å². The van der Waals surface area contributed by atoms with Gasteiger partial charge in [-0.1, -0.05) is 6.07 Å². The van der Waals surface area contributed by atoms with Gasteiger partial charge in [0.15, 0.2) is 11.1 Å². The number of hydrogen-bond acceptors (Lipinski definition) is 7. The molecule has 3 aliphatic heterocycles. The maximum atomic E-state index is 13.2. The molecule has 12 heteroatoms. The monoisotopic (exact) mass is 490 g/mol. The van der Waals surface area contributed by atoms with Gasteiger partial charge >= 0.3 is 12.1 Å². The fourth-order valence-corrected chi connectivity index (χ4v) is 4.86. The molecule has 1 aromatic carbocycles. The second-order valence-electron chi connectivity index (χ2n) is 8.90. The molecule has 3 N–H and O–H groups in total. The number of rotatable bonds is 5. The first kappa shape index (κ1) is 21.9. The molecule has 5 heterocycles. The molecule has 0 unspecified atom stereocenters. The van der Waals surface area contributed by atoms with Gasteiger partial charge in [0.2, 0.25) is 0 Å². The van der Waals surface area contributed by atoms with Crippen molar-refractivity contribution in [2.75, 3.05) is 31.6 Å². The molecule has 0 bridgehead atoms. The molecular formula is C24H22N6O6. The van der Waals surface area contributed by atoms with Crippen LogP contribution in [-0.4, -0.2) is 60.5 Å². The Morgan fingerprint density at radius 2 is 2.00 bits per heavy atom. The van der Waals surface area contributed by atoms with Crippen LogP contribution in [-0.2, 0) is 16.9 Å². The Morgan fingerprint density at radius 3 is 2.75 bits per heavy atom. The quantitative estimate of drug-likeness (QED) is 0.459. The van der Waals surface area contributed by atoms with Crippen LogP contribution in [0.4, 0.5) is 15.4 Å². The van der Waals surface area contributed by atoms with Gasteiger partial charge in [0, 0.05) is 31.3 Å². The minimum absolute atomic E-state index is 0.134. The lowest BCUT2D eigenvalue weighted by atomic mass is 9.95. The number of pyridine rings is 1. The summed E-state index contributed by atoms with van der Waals surface area (Å²) in [6, 6.07) is 9.17. The molecule has 1 atom stereocenters. The van der Waals surface area contributed by atoms with Crippen LogP contribution in [0.15, 0.2) is 40.8 Å². The van der Waals surface area contributed by atoms with Gasteiger partial charge < -0.3 is 24.7 Å². The number of urea groups is 2. The van der Waals surface area contributed by atoms with Crippen LogP contribution in [0, 0.1) is 0 Å². The van der Waals surface area contributed by atoms with Gasteiger partial charge in [-0.25, -0.2) is 14.6 Å². The van der Waals surface area contributed by atoms with Gasteiger partial charge in [0.25, 0.3) is 11.8 Å². The number of benzene rings is 1. The summed E-state index contributed by atoms with van der Waals surface area (Å²) >= 11 is 0. The molecule has 0 radical (unpaired) electrons. The number of furan rings is 1. The molecule has 2 aromatic heterocycles. The third kappa shape index (κ3) is 3.33. The number of aromatic nitrogens is 1. The van der Waals surface area contributed by atoms with Crippen molar-refractivity contribution in [3.05, 3.63) is 53.3 Å². The zero-order chi connectivity index (χ0) is 25.0. The number of fused-ring (bicyclic) bond motifs is 2. The van der Waals surface area contributed by atoms with E-state index in [1.54, 1.807) is 36.4 Å². The Hall–Kier alpha value is -4.61. The van der Waals surface area contributed by atoms with E-state index in [1.165, 1.54) is 16.9 Å². The average Bonchev–Trinajstić information content (AvgIpc) is 3.52. The zero-order valence-electron chi connectivity index (χ0n) is 19.3. The Balaban J connectivity index is 1.36. The van der Waals surface area contributed by atoms with Crippen molar-refractivity contribution in [2.45, 2.75) is 18.5 Å². The highest BCUT2D eigenvalue weighted by Gasteiger charge is 2.53. The standard InChI is InChI=1S/C24H22N6O6/c1-35-14-4-3-13-11-29(20(31)15(13)9-14)12-24(21(32)27-22(33)28-24)18-10-16-17(36-18)5-6-19(26-16)30-8-2-7-25-23(30)34/h3-6,9-10H,2,7-8,11-12H2,1H3,(H,25,34)(H2,27,28,32,33)/t24-/m0/s1. The first-order valence-corrected chi connectivity index (χ1v) is 11.4. The van der Waals surface area contributed by atoms with Crippen LogP contribution >= 0.6 is 0 Å². The number of carbonyl (C=O) groups excluding carboxylic acids is 4. The summed E-state index contributed by atoms with van der Waals surface area (Å²) in [6.07, 6.45) is 0.787. The van der Waals surface area contributed by atoms with Gasteiger partial charge in [-0.15, -0.1) is 0 Å². The van der Waals surface area contributed by atoms with Crippen molar-refractivity contribution < 1.29 is 28.3 Å². The van der Waals surface area contributed by atoms with Crippen LogP contribution in [0.1, 0.15) is 28.1 Å². The maximum Gasteiger partial charge on any atom is 0.323 e. The lowest BCUT2D eigenvalue weighted by molar-refractivity contribution is -0.125. The van der Waals surface area contributed by atoms with Crippen LogP contribution in [0.25, 0.3) is 11.1 Å². The highest BCUT2D eigenvalue weighted by atomic mass is 16.5. The summed E-state index contributed by atoms with van der Waals surface area (Å²) in [5.41, 5.74) is 0.402. The minimum atomic E-state index is -1.65. The van der Waals surface area contributed by atoms with Gasteiger partial charge in [-0.2, -0.15) is 0 Å². The van der Waals surface area contributed by atoms with Crippen molar-refractivity contribution >= 4 is 40.8 Å². The molecule has 6 rings (SSSR count). The number of ether oxygens (including phenoxy) is 1. The lowest BCUT2D eigenvalue weighted by Gasteiger charge is -2.28. The lowest BCUT2D eigenvalue weighted by Crippen LogP contribution is -2.52. The van der Waals surface area contributed by atoms with E-state index in [0.717, 1.165) is 12.0 Å². The number of nitrogens with one attached hydrogen (secondary N) is 3. The molecule has 0 saturated carbocycles. The number of methoxy groups -OCH3 is 1. The fourth-order valence-electron chi connectivity index (χ4n) is 4.86. The van der Waals surface area contributed by atoms with E-state index >= 15 is 0 Å². The normalized spacial score (nSPS) is 21.5. The Labute approximate surface area is 204 Å². The third-order valence-corrected chi connectivity index (χ3v) is 6.70. The van der Waals surface area contributed by atoms with Gasteiger partial charge in [0.1, 0.15) is 22.8 Å². The van der Waals surface area contributed by atoms with Crippen molar-refractivity contribution in [3.63, 3.8) is 0 Å². The number of hydrogen-bond donors (Lipinski definition) is 3. The summed E-state index contributed by atoms with van der Waals surface area (Å²) in [5.74, 6) is 0.204. The van der Waals surface area contributed by atoms with E-state index in [2.05, 4.69) is 20.9 Å². The van der Waals surface area contributed by atoms with E-state index in [0.29, 0.717) is 41.3 Å². The Morgan fingerprint density at radius 1 is 1.14 bits per heavy atom. The van der Waals surface area contributed by atoms with E-state index < -0.39 is 17.5 Å². The van der Waals surface area contributed by atoms with Gasteiger partial charge in [-0.3, -0.25) is 19.8 Å². The van der Waals surface area contributed by atoms with E-state index in [9.17, 15) is 19.2 Å². The largest absolute Gasteiger partial charge is 0.497 e. The van der Waals surface area contributed by atoms with Crippen LogP contribution < -0.4 is 25.6 Å². The molecular weight excluding hydrogens is 468 g/mol. The molecule has 12 nitrogen and oxygen atoms in total. The molecule has 2 saturated heterocycles. The second-order valence-corrected chi connectivity index (χ2v) is 8.90. The smallest absolute Gasteiger partial charge is 0.323 e. The van der Waals surface area contributed by atoms with Crippen molar-refractivity contribution in [2.24, 2.45) is 0 Å². The zero-order valence-corrected chi connectivity index (χ0v) is 19.3. The van der Waals surface area contributed by atoms with E-state index in [1.807, 2.05) is 0 Å². The second kappa shape index (κ2) is 7.97. The average molecular weight is 490 g/mol. The van der Waals surface area contributed by atoms with Crippen LogP contribution in [0.3, 0.4) is 0 Å². The summed E-state index contributed by atoms with van der Waals surface area (Å²) in [6.45, 7) is 1.24. The fraction of sp³-hybridized carbons (Fsp3) is 0.292. The Bertz CT molecular complexity index is 1450. The van der Waals surface area contributed by atoms with Gasteiger partial charge in [-0.05, 0) is 36.2 Å². The van der Waals surface area contributed by atoms with Crippen molar-refractivity contribution in [1.29, 1.82) is 0 Å². The predicted octanol–water partition coefficient (Wildman–Crippen LogP) is 1.45. The van der Waals surface area contributed by atoms with Gasteiger partial charge in [0.05, 0.1) is 13.7 Å². The molecule has 6 amide bonds. The molecule has 36 heavy (non-hydrogen) atoms. The summed E-state index contributed by atoms with van der Waals surface area (Å²) in [4.78, 5) is 58.3. The van der Waals surface area contributed by atoms with Crippen LogP contribution in [0.5, 0.6) is 5.75 Å². The number of amides is 6. The summed E-state index contributed by atoms with van der Waals surface area (Å²) in [7, 11) is 1.52. The predicted molar refractivity (Wildman–Crippen MR) is 125 cm³/mol. The molecule has 0 spiro atoms. The molecule has 2 fully saturated rings. The first-order valence-electron chi connectivity index (χ1n) is 11.4. The first-order chi connectivity index (χ1) is 17.4. The topological polar surface area (TPSA) is 146 Å². The highest BCUT2D eigenvalue weighted by molar-refractivity contribution is 6.08. The third-order valence-electron chi connectivity index (χ3n) is 6.70. The molecule has 3 aliphatic rings. The Kier molecular flexibility index (Phi) is 4.85. The maximum absolute atomic E-state index is 13.2. The van der Waals surface area contributed by atoms with Crippen molar-refractivity contribution in [3.8, 4) is 5.75 Å².